The number of hydrogen-bond acceptors (Lipinski definition) is 4. The number of aliphatic hydroxyl groups is 4. The highest BCUT2D eigenvalue weighted by Gasteiger charge is 2.31. The van der Waals surface area contributed by atoms with Gasteiger partial charge in [-0.2, -0.15) is 0 Å². The molecule has 0 aromatic carbocycles. The number of alkyl halides is 2. The molecule has 0 saturated carbocycles. The van der Waals surface area contributed by atoms with E-state index >= 15 is 0 Å². The molecule has 0 aromatic rings. The summed E-state index contributed by atoms with van der Waals surface area (Å²) in [7, 11) is 0. The number of quaternary nitrogens is 2. The lowest BCUT2D eigenvalue weighted by molar-refractivity contribution is -0.661. The van der Waals surface area contributed by atoms with Crippen LogP contribution in [0.2, 0.25) is 0 Å². The van der Waals surface area contributed by atoms with Crippen molar-refractivity contribution in [3.05, 3.63) is 0 Å². The maximum atomic E-state index is 9.66. The van der Waals surface area contributed by atoms with Crippen molar-refractivity contribution in [2.45, 2.75) is 24.4 Å². The van der Waals surface area contributed by atoms with Crippen LogP contribution in [-0.4, -0.2) is 82.8 Å². The van der Waals surface area contributed by atoms with Crippen molar-refractivity contribution < 1.29 is 31.1 Å². The van der Waals surface area contributed by atoms with Crippen LogP contribution in [0.25, 0.3) is 0 Å². The van der Waals surface area contributed by atoms with Crippen LogP contribution in [0.1, 0.15) is 0 Å². The molecule has 0 fully saturated rings. The average molecular weight is 307 g/mol. The van der Waals surface area contributed by atoms with Crippen LogP contribution in [0.4, 0.5) is 0 Å². The third-order valence-electron chi connectivity index (χ3n) is 2.58. The van der Waals surface area contributed by atoms with Crippen molar-refractivity contribution in [3.63, 3.8) is 0 Å². The van der Waals surface area contributed by atoms with E-state index < -0.39 is 24.4 Å². The SMILES string of the molecule is OC(C[NH2+]CCCl)C(O)C(O)C(O)C[NH2+]CCCl. The predicted molar refractivity (Wildman–Crippen MR) is 68.8 cm³/mol. The highest BCUT2D eigenvalue weighted by atomic mass is 35.5. The van der Waals surface area contributed by atoms with E-state index in [0.717, 1.165) is 0 Å². The fourth-order valence-corrected chi connectivity index (χ4v) is 1.77. The summed E-state index contributed by atoms with van der Waals surface area (Å²) in [6, 6.07) is 0. The Labute approximate surface area is 117 Å². The van der Waals surface area contributed by atoms with Gasteiger partial charge in [0, 0.05) is 0 Å². The summed E-state index contributed by atoms with van der Waals surface area (Å²) in [6.07, 6.45) is -4.97. The number of aliphatic hydroxyl groups excluding tert-OH is 4. The van der Waals surface area contributed by atoms with Gasteiger partial charge in [-0.25, -0.2) is 0 Å². The molecule has 0 rings (SSSR count). The van der Waals surface area contributed by atoms with Gasteiger partial charge < -0.3 is 31.1 Å². The van der Waals surface area contributed by atoms with Crippen molar-refractivity contribution in [2.75, 3.05) is 37.9 Å². The second-order valence-electron chi connectivity index (χ2n) is 4.12. The Morgan fingerprint density at radius 3 is 1.33 bits per heavy atom. The van der Waals surface area contributed by atoms with Gasteiger partial charge in [-0.05, 0) is 0 Å². The number of nitrogens with two attached hydrogens (primary N) is 2. The first kappa shape index (κ1) is 18.3. The first-order chi connectivity index (χ1) is 8.54. The van der Waals surface area contributed by atoms with Crippen molar-refractivity contribution in [2.24, 2.45) is 0 Å². The van der Waals surface area contributed by atoms with E-state index in [4.69, 9.17) is 23.2 Å². The zero-order chi connectivity index (χ0) is 14.0. The lowest BCUT2D eigenvalue weighted by Crippen LogP contribution is -2.88. The molecule has 0 amide bonds. The van der Waals surface area contributed by atoms with E-state index in [9.17, 15) is 20.4 Å². The van der Waals surface area contributed by atoms with E-state index in [0.29, 0.717) is 24.8 Å². The summed E-state index contributed by atoms with van der Waals surface area (Å²) >= 11 is 10.9. The Balaban J connectivity index is 3.93. The van der Waals surface area contributed by atoms with Crippen LogP contribution in [0.5, 0.6) is 0 Å². The molecule has 0 aliphatic carbocycles. The van der Waals surface area contributed by atoms with E-state index in [1.54, 1.807) is 10.6 Å². The van der Waals surface area contributed by atoms with Crippen molar-refractivity contribution in [1.29, 1.82) is 0 Å². The average Bonchev–Trinajstić information content (AvgIpc) is 2.37. The lowest BCUT2D eigenvalue weighted by Gasteiger charge is -2.24. The molecular weight excluding hydrogens is 283 g/mol. The maximum absolute atomic E-state index is 9.66. The lowest BCUT2D eigenvalue weighted by atomic mass is 10.0. The second kappa shape index (κ2) is 11.2. The van der Waals surface area contributed by atoms with Gasteiger partial charge in [-0.1, -0.05) is 0 Å². The predicted octanol–water partition coefficient (Wildman–Crippen LogP) is -3.97. The Morgan fingerprint density at radius 1 is 0.722 bits per heavy atom. The van der Waals surface area contributed by atoms with E-state index in [1.165, 1.54) is 0 Å². The Kier molecular flexibility index (Phi) is 11.4. The molecule has 0 heterocycles. The zero-order valence-corrected chi connectivity index (χ0v) is 11.8. The maximum Gasteiger partial charge on any atom is 0.131 e. The molecule has 8 heteroatoms. The summed E-state index contributed by atoms with van der Waals surface area (Å²) < 4.78 is 0. The standard InChI is InChI=1S/C10H22Cl2N2O4/c11-1-3-13-5-7(15)9(17)10(18)8(16)6-14-4-2-12/h7-10,13-18H,1-6H2/p+2. The molecule has 0 bridgehead atoms. The fraction of sp³-hybridized carbons (Fsp3) is 1.00. The van der Waals surface area contributed by atoms with Crippen LogP contribution >= 0.6 is 23.2 Å². The molecule has 0 aromatic heterocycles. The number of hydrogen-bond donors (Lipinski definition) is 6. The van der Waals surface area contributed by atoms with Gasteiger partial charge in [-0.3, -0.25) is 0 Å². The summed E-state index contributed by atoms with van der Waals surface area (Å²) in [4.78, 5) is 0. The second-order valence-corrected chi connectivity index (χ2v) is 4.88. The minimum atomic E-state index is -1.38. The van der Waals surface area contributed by atoms with Crippen LogP contribution in [0.3, 0.4) is 0 Å². The molecule has 6 nitrogen and oxygen atoms in total. The van der Waals surface area contributed by atoms with Crippen LogP contribution in [-0.2, 0) is 0 Å². The van der Waals surface area contributed by atoms with Gasteiger partial charge in [0.1, 0.15) is 37.5 Å². The van der Waals surface area contributed by atoms with Crippen LogP contribution < -0.4 is 10.6 Å². The molecule has 0 saturated heterocycles. The summed E-state index contributed by atoms with van der Waals surface area (Å²) in [5, 5.41) is 42.0. The van der Waals surface area contributed by atoms with Gasteiger partial charge in [0.05, 0.1) is 24.8 Å². The van der Waals surface area contributed by atoms with Gasteiger partial charge in [0.25, 0.3) is 0 Å². The summed E-state index contributed by atoms with van der Waals surface area (Å²) in [5.41, 5.74) is 0. The summed E-state index contributed by atoms with van der Waals surface area (Å²) in [5.74, 6) is 0.892. The fourth-order valence-electron chi connectivity index (χ4n) is 1.47. The molecule has 0 aliphatic heterocycles. The van der Waals surface area contributed by atoms with E-state index in [2.05, 4.69) is 0 Å². The summed E-state index contributed by atoms with van der Waals surface area (Å²) in [6.45, 7) is 1.69. The number of halogens is 2. The molecule has 0 spiro atoms. The van der Waals surface area contributed by atoms with E-state index in [-0.39, 0.29) is 13.1 Å². The molecule has 110 valence electrons. The largest absolute Gasteiger partial charge is 0.387 e. The zero-order valence-electron chi connectivity index (χ0n) is 10.3. The molecular formula is C10H24Cl2N2O4+2. The molecule has 8 N–H and O–H groups in total. The first-order valence-corrected chi connectivity index (χ1v) is 7.09. The van der Waals surface area contributed by atoms with Gasteiger partial charge >= 0.3 is 0 Å². The normalized spacial score (nSPS) is 18.3. The van der Waals surface area contributed by atoms with Gasteiger partial charge in [0.15, 0.2) is 0 Å². The highest BCUT2D eigenvalue weighted by molar-refractivity contribution is 6.18. The Bertz CT molecular complexity index is 183. The number of rotatable bonds is 11. The third kappa shape index (κ3) is 7.70. The molecule has 18 heavy (non-hydrogen) atoms. The van der Waals surface area contributed by atoms with Crippen molar-refractivity contribution in [1.82, 2.24) is 0 Å². The Hall–Kier alpha value is 0.340. The third-order valence-corrected chi connectivity index (χ3v) is 3.02. The van der Waals surface area contributed by atoms with E-state index in [1.807, 2.05) is 0 Å². The quantitative estimate of drug-likeness (QED) is 0.173. The highest BCUT2D eigenvalue weighted by Crippen LogP contribution is 2.02. The van der Waals surface area contributed by atoms with Crippen LogP contribution in [0, 0.1) is 0 Å². The Morgan fingerprint density at radius 2 is 1.06 bits per heavy atom. The minimum absolute atomic E-state index is 0.225. The smallest absolute Gasteiger partial charge is 0.131 e. The molecule has 4 atom stereocenters. The molecule has 4 unspecified atom stereocenters. The van der Waals surface area contributed by atoms with Crippen LogP contribution in [0.15, 0.2) is 0 Å². The van der Waals surface area contributed by atoms with Crippen molar-refractivity contribution in [3.8, 4) is 0 Å². The molecule has 0 radical (unpaired) electrons. The van der Waals surface area contributed by atoms with Crippen molar-refractivity contribution >= 4 is 23.2 Å². The first-order valence-electron chi connectivity index (χ1n) is 6.02. The topological polar surface area (TPSA) is 114 Å². The van der Waals surface area contributed by atoms with Gasteiger partial charge in [-0.15, -0.1) is 23.2 Å². The van der Waals surface area contributed by atoms with Gasteiger partial charge in [0.2, 0.25) is 0 Å². The molecule has 0 aliphatic rings. The minimum Gasteiger partial charge on any atom is -0.387 e. The monoisotopic (exact) mass is 306 g/mol.